The lowest BCUT2D eigenvalue weighted by atomic mass is 10.1. The molecule has 164 valence electrons. The molecule has 0 fully saturated rings. The van der Waals surface area contributed by atoms with Crippen LogP contribution in [-0.2, 0) is 16.1 Å². The molecule has 0 aliphatic rings. The minimum atomic E-state index is -4.86. The van der Waals surface area contributed by atoms with Crippen LogP contribution in [0, 0.1) is 24.0 Å². The molecule has 0 saturated heterocycles. The Hall–Kier alpha value is -3.70. The molecular formula is C19H18F3N5O4. The molecule has 12 heteroatoms. The van der Waals surface area contributed by atoms with Crippen LogP contribution in [0.4, 0.5) is 18.9 Å². The predicted octanol–water partition coefficient (Wildman–Crippen LogP) is 3.83. The summed E-state index contributed by atoms with van der Waals surface area (Å²) < 4.78 is 48.6. The lowest BCUT2D eigenvalue weighted by molar-refractivity contribution is -0.385. The van der Waals surface area contributed by atoms with E-state index in [0.29, 0.717) is 5.69 Å². The number of nitrogens with zero attached hydrogens (tertiary/aromatic N) is 5. The summed E-state index contributed by atoms with van der Waals surface area (Å²) in [5, 5.41) is 18.5. The molecule has 31 heavy (non-hydrogen) atoms. The van der Waals surface area contributed by atoms with Gasteiger partial charge in [-0.2, -0.15) is 23.4 Å². The number of carbonyl (C=O) groups is 1. The van der Waals surface area contributed by atoms with Crippen molar-refractivity contribution in [2.45, 2.75) is 39.1 Å². The van der Waals surface area contributed by atoms with Crippen molar-refractivity contribution < 1.29 is 27.6 Å². The quantitative estimate of drug-likeness (QED) is 0.316. The van der Waals surface area contributed by atoms with Crippen LogP contribution in [0.1, 0.15) is 29.5 Å². The Labute approximate surface area is 174 Å². The molecule has 2 heterocycles. The number of aryl methyl sites for hydroxylation is 2. The molecule has 0 saturated carbocycles. The van der Waals surface area contributed by atoms with Crippen LogP contribution in [0.5, 0.6) is 0 Å². The average molecular weight is 437 g/mol. The van der Waals surface area contributed by atoms with Gasteiger partial charge in [0.1, 0.15) is 12.4 Å². The van der Waals surface area contributed by atoms with Crippen molar-refractivity contribution in [3.8, 4) is 5.69 Å². The van der Waals surface area contributed by atoms with Gasteiger partial charge in [-0.15, -0.1) is 0 Å². The number of halogens is 3. The number of hydrogen-bond acceptors (Lipinski definition) is 6. The number of carbonyl (C=O) groups excluding carboxylic acids is 1. The molecule has 0 aliphatic heterocycles. The van der Waals surface area contributed by atoms with E-state index in [4.69, 9.17) is 4.74 Å². The Bertz CT molecular complexity index is 1090. The van der Waals surface area contributed by atoms with E-state index >= 15 is 0 Å². The van der Waals surface area contributed by atoms with Crippen LogP contribution in [0.3, 0.4) is 0 Å². The molecule has 0 N–H and O–H groups in total. The van der Waals surface area contributed by atoms with Crippen LogP contribution >= 0.6 is 0 Å². The zero-order chi connectivity index (χ0) is 22.8. The normalized spacial score (nSPS) is 12.5. The molecule has 2 aromatic heterocycles. The Morgan fingerprint density at radius 1 is 1.26 bits per heavy atom. The van der Waals surface area contributed by atoms with Gasteiger partial charge >= 0.3 is 17.8 Å². The van der Waals surface area contributed by atoms with Crippen molar-refractivity contribution >= 4 is 11.7 Å². The molecule has 0 radical (unpaired) electrons. The van der Waals surface area contributed by atoms with E-state index in [-0.39, 0.29) is 29.2 Å². The van der Waals surface area contributed by atoms with Gasteiger partial charge in [0, 0.05) is 11.3 Å². The van der Waals surface area contributed by atoms with E-state index < -0.39 is 29.6 Å². The first-order valence-corrected chi connectivity index (χ1v) is 9.12. The first-order valence-electron chi connectivity index (χ1n) is 9.12. The van der Waals surface area contributed by atoms with E-state index in [1.165, 1.54) is 18.5 Å². The SMILES string of the molecule is Cc1nn(-c2ccccc2)c(C)c1[C@@H](OC(=O)CCn1cc([N+](=O)[O-])cn1)C(F)(F)F. The van der Waals surface area contributed by atoms with Crippen LogP contribution in [0.15, 0.2) is 42.7 Å². The maximum absolute atomic E-state index is 13.8. The van der Waals surface area contributed by atoms with Crippen LogP contribution < -0.4 is 0 Å². The number of para-hydroxylation sites is 1. The number of rotatable bonds is 7. The van der Waals surface area contributed by atoms with Gasteiger partial charge in [0.05, 0.1) is 29.3 Å². The number of aromatic nitrogens is 4. The first-order chi connectivity index (χ1) is 14.6. The first kappa shape index (κ1) is 22.0. The highest BCUT2D eigenvalue weighted by molar-refractivity contribution is 5.69. The summed E-state index contributed by atoms with van der Waals surface area (Å²) >= 11 is 0. The van der Waals surface area contributed by atoms with E-state index in [2.05, 4.69) is 10.2 Å². The highest BCUT2D eigenvalue weighted by atomic mass is 19.4. The fourth-order valence-electron chi connectivity index (χ4n) is 3.11. The summed E-state index contributed by atoms with van der Waals surface area (Å²) in [6, 6.07) is 8.62. The van der Waals surface area contributed by atoms with Crippen LogP contribution in [-0.4, -0.2) is 36.6 Å². The second kappa shape index (κ2) is 8.58. The zero-order valence-corrected chi connectivity index (χ0v) is 16.5. The summed E-state index contributed by atoms with van der Waals surface area (Å²) in [7, 11) is 0. The van der Waals surface area contributed by atoms with Crippen molar-refractivity contribution in [2.24, 2.45) is 0 Å². The van der Waals surface area contributed by atoms with E-state index in [9.17, 15) is 28.1 Å². The highest BCUT2D eigenvalue weighted by Crippen LogP contribution is 2.39. The molecule has 3 aromatic rings. The molecule has 0 unspecified atom stereocenters. The van der Waals surface area contributed by atoms with Gasteiger partial charge in [0.15, 0.2) is 0 Å². The second-order valence-corrected chi connectivity index (χ2v) is 6.71. The van der Waals surface area contributed by atoms with Gasteiger partial charge in [-0.1, -0.05) is 18.2 Å². The van der Waals surface area contributed by atoms with Gasteiger partial charge in [0.25, 0.3) is 0 Å². The van der Waals surface area contributed by atoms with Crippen molar-refractivity contribution in [1.29, 1.82) is 0 Å². The molecule has 3 rings (SSSR count). The van der Waals surface area contributed by atoms with Crippen molar-refractivity contribution in [3.63, 3.8) is 0 Å². The third-order valence-corrected chi connectivity index (χ3v) is 4.53. The number of ether oxygens (including phenoxy) is 1. The molecule has 0 bridgehead atoms. The number of hydrogen-bond donors (Lipinski definition) is 0. The van der Waals surface area contributed by atoms with Crippen LogP contribution in [0.2, 0.25) is 0 Å². The van der Waals surface area contributed by atoms with Gasteiger partial charge in [0.2, 0.25) is 6.10 Å². The van der Waals surface area contributed by atoms with Gasteiger partial charge < -0.3 is 4.74 Å². The maximum Gasteiger partial charge on any atom is 0.429 e. The molecule has 1 atom stereocenters. The molecule has 0 spiro atoms. The lowest BCUT2D eigenvalue weighted by Crippen LogP contribution is -2.27. The topological polar surface area (TPSA) is 105 Å². The van der Waals surface area contributed by atoms with Crippen molar-refractivity contribution in [1.82, 2.24) is 19.6 Å². The number of benzene rings is 1. The molecule has 9 nitrogen and oxygen atoms in total. The Morgan fingerprint density at radius 3 is 2.52 bits per heavy atom. The van der Waals surface area contributed by atoms with Gasteiger partial charge in [-0.3, -0.25) is 19.6 Å². The lowest BCUT2D eigenvalue weighted by Gasteiger charge is -2.21. The largest absolute Gasteiger partial charge is 0.448 e. The average Bonchev–Trinajstić information content (AvgIpc) is 3.29. The molecule has 0 aliphatic carbocycles. The molecular weight excluding hydrogens is 419 g/mol. The summed E-state index contributed by atoms with van der Waals surface area (Å²) in [6.45, 7) is 2.72. The third-order valence-electron chi connectivity index (χ3n) is 4.53. The van der Waals surface area contributed by atoms with Crippen LogP contribution in [0.25, 0.3) is 5.69 Å². The van der Waals surface area contributed by atoms with Crippen molar-refractivity contribution in [2.75, 3.05) is 0 Å². The number of esters is 1. The minimum absolute atomic E-state index is 0.0826. The Balaban J connectivity index is 1.80. The number of alkyl halides is 3. The summed E-state index contributed by atoms with van der Waals surface area (Å²) in [4.78, 5) is 22.2. The minimum Gasteiger partial charge on any atom is -0.448 e. The zero-order valence-electron chi connectivity index (χ0n) is 16.5. The maximum atomic E-state index is 13.8. The van der Waals surface area contributed by atoms with E-state index in [0.717, 1.165) is 17.1 Å². The van der Waals surface area contributed by atoms with Gasteiger partial charge in [-0.25, -0.2) is 4.68 Å². The van der Waals surface area contributed by atoms with E-state index in [1.807, 2.05) is 0 Å². The fourth-order valence-corrected chi connectivity index (χ4v) is 3.11. The molecule has 0 amide bonds. The van der Waals surface area contributed by atoms with Crippen molar-refractivity contribution in [3.05, 3.63) is 69.8 Å². The standard InChI is InChI=1S/C19H18F3N5O4/c1-12-17(13(2)26(24-12)14-6-4-3-5-7-14)18(19(20,21)22)31-16(28)8-9-25-11-15(10-23-25)27(29)30/h3-7,10-11,18H,8-9H2,1-2H3/t18-/m1/s1. The summed E-state index contributed by atoms with van der Waals surface area (Å²) in [6.07, 6.45) is -5.75. The van der Waals surface area contributed by atoms with Gasteiger partial charge in [-0.05, 0) is 26.0 Å². The smallest absolute Gasteiger partial charge is 0.429 e. The monoisotopic (exact) mass is 437 g/mol. The summed E-state index contributed by atoms with van der Waals surface area (Å²) in [5.74, 6) is -1.12. The Morgan fingerprint density at radius 2 is 1.94 bits per heavy atom. The number of nitro groups is 1. The highest BCUT2D eigenvalue weighted by Gasteiger charge is 2.46. The second-order valence-electron chi connectivity index (χ2n) is 6.71. The summed E-state index contributed by atoms with van der Waals surface area (Å²) in [5.41, 5.74) is 0.322. The molecule has 1 aromatic carbocycles. The third kappa shape index (κ3) is 4.90. The Kier molecular flexibility index (Phi) is 6.09. The van der Waals surface area contributed by atoms with E-state index in [1.54, 1.807) is 30.3 Å². The fraction of sp³-hybridized carbons (Fsp3) is 0.316. The predicted molar refractivity (Wildman–Crippen MR) is 101 cm³/mol.